The molecular weight excluding hydrogens is 308 g/mol. The number of rotatable bonds is 4. The molecule has 19 heavy (non-hydrogen) atoms. The SMILES string of the molecule is Br.CCN(C)C(=O)Oc1cccc([C@H](C)N(C)C)c1. The minimum absolute atomic E-state index is 0. The molecule has 1 rings (SSSR count). The molecule has 108 valence electrons. The average Bonchev–Trinajstić information content (AvgIpc) is 2.36. The molecule has 0 N–H and O–H groups in total. The summed E-state index contributed by atoms with van der Waals surface area (Å²) in [7, 11) is 5.76. The second-order valence-electron chi connectivity index (χ2n) is 4.59. The highest BCUT2D eigenvalue weighted by molar-refractivity contribution is 8.93. The van der Waals surface area contributed by atoms with Gasteiger partial charge in [-0.15, -0.1) is 17.0 Å². The maximum atomic E-state index is 11.7. The molecule has 1 aromatic carbocycles. The van der Waals surface area contributed by atoms with E-state index in [1.165, 1.54) is 4.90 Å². The number of ether oxygens (including phenoxy) is 1. The van der Waals surface area contributed by atoms with Crippen molar-refractivity contribution in [1.82, 2.24) is 9.80 Å². The van der Waals surface area contributed by atoms with Crippen molar-refractivity contribution in [3.8, 4) is 5.75 Å². The van der Waals surface area contributed by atoms with E-state index in [1.807, 2.05) is 39.2 Å². The molecule has 0 fully saturated rings. The quantitative estimate of drug-likeness (QED) is 0.848. The van der Waals surface area contributed by atoms with Gasteiger partial charge in [-0.05, 0) is 45.6 Å². The lowest BCUT2D eigenvalue weighted by Crippen LogP contribution is -2.29. The summed E-state index contributed by atoms with van der Waals surface area (Å²) in [4.78, 5) is 15.3. The molecular formula is C14H23BrN2O2. The van der Waals surface area contributed by atoms with Gasteiger partial charge in [0.25, 0.3) is 0 Å². The van der Waals surface area contributed by atoms with E-state index in [9.17, 15) is 4.79 Å². The van der Waals surface area contributed by atoms with Crippen LogP contribution in [0.4, 0.5) is 4.79 Å². The number of amides is 1. The van der Waals surface area contributed by atoms with E-state index in [1.54, 1.807) is 13.1 Å². The summed E-state index contributed by atoms with van der Waals surface area (Å²) in [6.45, 7) is 4.65. The Balaban J connectivity index is 0.00000324. The second kappa shape index (κ2) is 8.17. The fourth-order valence-corrected chi connectivity index (χ4v) is 1.44. The Bertz CT molecular complexity index is 410. The van der Waals surface area contributed by atoms with E-state index < -0.39 is 0 Å². The van der Waals surface area contributed by atoms with Crippen LogP contribution in [0.2, 0.25) is 0 Å². The van der Waals surface area contributed by atoms with Crippen LogP contribution in [0.5, 0.6) is 5.75 Å². The Hall–Kier alpha value is -1.07. The van der Waals surface area contributed by atoms with E-state index in [4.69, 9.17) is 4.74 Å². The Morgan fingerprint density at radius 3 is 2.47 bits per heavy atom. The highest BCUT2D eigenvalue weighted by atomic mass is 79.9. The molecule has 0 heterocycles. The predicted octanol–water partition coefficient (Wildman–Crippen LogP) is 3.34. The van der Waals surface area contributed by atoms with E-state index in [0.717, 1.165) is 5.56 Å². The fraction of sp³-hybridized carbons (Fsp3) is 0.500. The van der Waals surface area contributed by atoms with Crippen LogP contribution in [-0.4, -0.2) is 43.6 Å². The Labute approximate surface area is 126 Å². The van der Waals surface area contributed by atoms with E-state index in [2.05, 4.69) is 11.8 Å². The van der Waals surface area contributed by atoms with Gasteiger partial charge < -0.3 is 14.5 Å². The largest absolute Gasteiger partial charge is 0.414 e. The molecule has 1 amide bonds. The molecule has 0 aromatic heterocycles. The van der Waals surface area contributed by atoms with Gasteiger partial charge in [0.05, 0.1) is 0 Å². The van der Waals surface area contributed by atoms with Crippen LogP contribution in [0, 0.1) is 0 Å². The van der Waals surface area contributed by atoms with Gasteiger partial charge in [-0.3, -0.25) is 0 Å². The van der Waals surface area contributed by atoms with Gasteiger partial charge in [0, 0.05) is 19.6 Å². The lowest BCUT2D eigenvalue weighted by molar-refractivity contribution is 0.165. The molecule has 0 aliphatic heterocycles. The third-order valence-corrected chi connectivity index (χ3v) is 3.11. The molecule has 0 unspecified atom stereocenters. The highest BCUT2D eigenvalue weighted by Gasteiger charge is 2.12. The monoisotopic (exact) mass is 330 g/mol. The third-order valence-electron chi connectivity index (χ3n) is 3.11. The summed E-state index contributed by atoms with van der Waals surface area (Å²) in [6.07, 6.45) is -0.327. The standard InChI is InChI=1S/C14H22N2O2.BrH/c1-6-16(5)14(17)18-13-9-7-8-12(10-13)11(2)15(3)4;/h7-11H,6H2,1-5H3;1H/t11-;/m0./s1. The van der Waals surface area contributed by atoms with Crippen molar-refractivity contribution >= 4 is 23.1 Å². The molecule has 0 radical (unpaired) electrons. The van der Waals surface area contributed by atoms with Gasteiger partial charge in [0.1, 0.15) is 5.75 Å². The number of carbonyl (C=O) groups is 1. The minimum atomic E-state index is -0.327. The predicted molar refractivity (Wildman–Crippen MR) is 83.2 cm³/mol. The van der Waals surface area contributed by atoms with Crippen LogP contribution in [0.15, 0.2) is 24.3 Å². The van der Waals surface area contributed by atoms with Crippen LogP contribution in [0.25, 0.3) is 0 Å². The van der Waals surface area contributed by atoms with Crippen molar-refractivity contribution in [3.63, 3.8) is 0 Å². The summed E-state index contributed by atoms with van der Waals surface area (Å²) < 4.78 is 5.31. The zero-order valence-electron chi connectivity index (χ0n) is 12.2. The van der Waals surface area contributed by atoms with Gasteiger partial charge in [-0.25, -0.2) is 4.79 Å². The summed E-state index contributed by atoms with van der Waals surface area (Å²) >= 11 is 0. The van der Waals surface area contributed by atoms with Gasteiger partial charge in [0.2, 0.25) is 0 Å². The maximum absolute atomic E-state index is 11.7. The first-order chi connectivity index (χ1) is 8.45. The van der Waals surface area contributed by atoms with E-state index in [0.29, 0.717) is 12.3 Å². The number of nitrogens with zero attached hydrogens (tertiary/aromatic N) is 2. The normalized spacial score (nSPS) is 11.7. The fourth-order valence-electron chi connectivity index (χ4n) is 1.44. The number of halogens is 1. The van der Waals surface area contributed by atoms with Gasteiger partial charge in [-0.1, -0.05) is 12.1 Å². The summed E-state index contributed by atoms with van der Waals surface area (Å²) in [5, 5.41) is 0. The molecule has 0 spiro atoms. The van der Waals surface area contributed by atoms with Crippen LogP contribution in [0.3, 0.4) is 0 Å². The van der Waals surface area contributed by atoms with Gasteiger partial charge in [-0.2, -0.15) is 0 Å². The Morgan fingerprint density at radius 1 is 1.32 bits per heavy atom. The van der Waals surface area contributed by atoms with Crippen molar-refractivity contribution in [3.05, 3.63) is 29.8 Å². The van der Waals surface area contributed by atoms with E-state index in [-0.39, 0.29) is 29.1 Å². The highest BCUT2D eigenvalue weighted by Crippen LogP contribution is 2.22. The third kappa shape index (κ3) is 5.20. The molecule has 1 aromatic rings. The van der Waals surface area contributed by atoms with E-state index >= 15 is 0 Å². The number of hydrogen-bond donors (Lipinski definition) is 0. The van der Waals surface area contributed by atoms with Crippen LogP contribution in [-0.2, 0) is 0 Å². The first-order valence-corrected chi connectivity index (χ1v) is 6.15. The maximum Gasteiger partial charge on any atom is 0.414 e. The number of carbonyl (C=O) groups excluding carboxylic acids is 1. The van der Waals surface area contributed by atoms with Crippen molar-refractivity contribution < 1.29 is 9.53 Å². The summed E-state index contributed by atoms with van der Waals surface area (Å²) in [5.74, 6) is 0.589. The Kier molecular flexibility index (Phi) is 7.71. The Morgan fingerprint density at radius 2 is 1.95 bits per heavy atom. The number of benzene rings is 1. The van der Waals surface area contributed by atoms with Crippen LogP contribution in [0.1, 0.15) is 25.5 Å². The summed E-state index contributed by atoms with van der Waals surface area (Å²) in [5.41, 5.74) is 1.13. The number of hydrogen-bond acceptors (Lipinski definition) is 3. The van der Waals surface area contributed by atoms with Crippen molar-refractivity contribution in [2.45, 2.75) is 19.9 Å². The molecule has 4 nitrogen and oxygen atoms in total. The zero-order chi connectivity index (χ0) is 13.7. The minimum Gasteiger partial charge on any atom is -0.410 e. The molecule has 1 atom stereocenters. The molecule has 0 aliphatic carbocycles. The van der Waals surface area contributed by atoms with Crippen molar-refractivity contribution in [2.75, 3.05) is 27.7 Å². The smallest absolute Gasteiger partial charge is 0.410 e. The van der Waals surface area contributed by atoms with Crippen molar-refractivity contribution in [2.24, 2.45) is 0 Å². The zero-order valence-corrected chi connectivity index (χ0v) is 13.9. The van der Waals surface area contributed by atoms with Crippen LogP contribution < -0.4 is 4.74 Å². The first-order valence-electron chi connectivity index (χ1n) is 6.15. The first kappa shape index (κ1) is 17.9. The van der Waals surface area contributed by atoms with Gasteiger partial charge in [0.15, 0.2) is 0 Å². The lowest BCUT2D eigenvalue weighted by Gasteiger charge is -2.21. The second-order valence-corrected chi connectivity index (χ2v) is 4.59. The molecule has 0 saturated heterocycles. The molecule has 0 saturated carbocycles. The topological polar surface area (TPSA) is 32.8 Å². The summed E-state index contributed by atoms with van der Waals surface area (Å²) in [6, 6.07) is 7.93. The molecule has 0 aliphatic rings. The lowest BCUT2D eigenvalue weighted by atomic mass is 10.1. The average molecular weight is 331 g/mol. The molecule has 5 heteroatoms. The molecule has 0 bridgehead atoms. The van der Waals surface area contributed by atoms with Crippen LogP contribution >= 0.6 is 17.0 Å². The van der Waals surface area contributed by atoms with Gasteiger partial charge >= 0.3 is 6.09 Å². The van der Waals surface area contributed by atoms with Crippen molar-refractivity contribution in [1.29, 1.82) is 0 Å².